The van der Waals surface area contributed by atoms with Crippen LogP contribution in [-0.4, -0.2) is 44.9 Å². The number of nitrogens with zero attached hydrogens (tertiary/aromatic N) is 5. The molecule has 0 aliphatic carbocycles. The molecule has 1 atom stereocenters. The van der Waals surface area contributed by atoms with E-state index in [0.717, 1.165) is 28.1 Å². The monoisotopic (exact) mass is 266 g/mol. The summed E-state index contributed by atoms with van der Waals surface area (Å²) >= 11 is 0. The fourth-order valence-electron chi connectivity index (χ4n) is 2.66. The molecule has 1 fully saturated rings. The molecule has 5 nitrogen and oxygen atoms in total. The van der Waals surface area contributed by atoms with Gasteiger partial charge in [-0.15, -0.1) is 10.2 Å². The number of quaternary nitrogens is 1. The molecular weight excluding hydrogens is 250 g/mol. The Kier molecular flexibility index (Phi) is 2.23. The van der Waals surface area contributed by atoms with Gasteiger partial charge in [-0.1, -0.05) is 30.3 Å². The van der Waals surface area contributed by atoms with Crippen LogP contribution in [0.4, 0.5) is 0 Å². The van der Waals surface area contributed by atoms with E-state index in [1.165, 1.54) is 5.56 Å². The van der Waals surface area contributed by atoms with Crippen LogP contribution in [0.25, 0.3) is 17.0 Å². The third-order valence-electron chi connectivity index (χ3n) is 4.05. The first-order valence-corrected chi connectivity index (χ1v) is 6.75. The van der Waals surface area contributed by atoms with Crippen molar-refractivity contribution < 1.29 is 4.48 Å². The van der Waals surface area contributed by atoms with Gasteiger partial charge in [0.05, 0.1) is 20.3 Å². The number of hydrogen-bond donors (Lipinski definition) is 0. The van der Waals surface area contributed by atoms with Crippen molar-refractivity contribution in [3.63, 3.8) is 0 Å². The fourth-order valence-corrected chi connectivity index (χ4v) is 2.66. The Morgan fingerprint density at radius 1 is 1.15 bits per heavy atom. The van der Waals surface area contributed by atoms with Crippen molar-refractivity contribution in [1.82, 2.24) is 19.8 Å². The number of likely N-dealkylation sites (N-methyl/N-ethyl adjacent to an activating group) is 1. The highest BCUT2D eigenvalue weighted by Gasteiger charge is 2.48. The second-order valence-electron chi connectivity index (χ2n) is 5.93. The van der Waals surface area contributed by atoms with E-state index in [1.807, 2.05) is 36.5 Å². The van der Waals surface area contributed by atoms with Crippen LogP contribution in [0.15, 0.2) is 42.6 Å². The van der Waals surface area contributed by atoms with Gasteiger partial charge in [0.2, 0.25) is 0 Å². The van der Waals surface area contributed by atoms with Crippen molar-refractivity contribution in [3.8, 4) is 11.4 Å². The zero-order valence-corrected chi connectivity index (χ0v) is 11.6. The lowest BCUT2D eigenvalue weighted by Crippen LogP contribution is -2.12. The van der Waals surface area contributed by atoms with Gasteiger partial charge in [0, 0.05) is 11.1 Å². The lowest BCUT2D eigenvalue weighted by atomic mass is 10.2. The molecular formula is C15H16N5+. The summed E-state index contributed by atoms with van der Waals surface area (Å²) in [7, 11) is 4.46. The van der Waals surface area contributed by atoms with Crippen molar-refractivity contribution in [2.45, 2.75) is 6.04 Å². The van der Waals surface area contributed by atoms with Crippen LogP contribution in [0.2, 0.25) is 0 Å². The van der Waals surface area contributed by atoms with Crippen LogP contribution >= 0.6 is 0 Å². The van der Waals surface area contributed by atoms with Gasteiger partial charge in [-0.25, -0.2) is 0 Å². The summed E-state index contributed by atoms with van der Waals surface area (Å²) < 4.78 is 2.83. The molecule has 1 aromatic carbocycles. The van der Waals surface area contributed by atoms with Gasteiger partial charge < -0.3 is 4.48 Å². The average molecular weight is 266 g/mol. The minimum atomic E-state index is 0.546. The maximum atomic E-state index is 4.53. The topological polar surface area (TPSA) is 43.1 Å². The standard InChI is InChI=1S/C15H16N5/c1-20(2)10-13(20)12-8-14-17-18-15(19(14)16-9-12)11-6-4-3-5-7-11/h3-9,13H,10H2,1-2H3/q+1. The van der Waals surface area contributed by atoms with Crippen molar-refractivity contribution in [2.24, 2.45) is 0 Å². The predicted molar refractivity (Wildman–Crippen MR) is 75.9 cm³/mol. The largest absolute Gasteiger partial charge is 0.312 e. The molecule has 0 spiro atoms. The van der Waals surface area contributed by atoms with Crippen LogP contribution in [0.5, 0.6) is 0 Å². The van der Waals surface area contributed by atoms with Gasteiger partial charge in [0.15, 0.2) is 17.5 Å². The molecule has 0 saturated carbocycles. The summed E-state index contributed by atoms with van der Waals surface area (Å²) in [5.41, 5.74) is 3.09. The number of fused-ring (bicyclic) bond motifs is 1. The van der Waals surface area contributed by atoms with Crippen LogP contribution in [0.1, 0.15) is 11.6 Å². The van der Waals surface area contributed by atoms with Gasteiger partial charge in [0.25, 0.3) is 0 Å². The molecule has 5 heteroatoms. The van der Waals surface area contributed by atoms with E-state index in [9.17, 15) is 0 Å². The second-order valence-corrected chi connectivity index (χ2v) is 5.93. The Labute approximate surface area is 117 Å². The first-order valence-electron chi connectivity index (χ1n) is 6.75. The number of aromatic nitrogens is 4. The summed E-state index contributed by atoms with van der Waals surface area (Å²) in [5.74, 6) is 0.789. The molecule has 0 bridgehead atoms. The van der Waals surface area contributed by atoms with Crippen LogP contribution in [0.3, 0.4) is 0 Å². The van der Waals surface area contributed by atoms with Crippen LogP contribution in [-0.2, 0) is 0 Å². The summed E-state index contributed by atoms with van der Waals surface area (Å²) in [4.78, 5) is 0. The molecule has 1 unspecified atom stereocenters. The SMILES string of the molecule is C[N+]1(C)CC1c1cnn2c(-c3ccccc3)nnc2c1. The minimum absolute atomic E-state index is 0.546. The van der Waals surface area contributed by atoms with E-state index in [-0.39, 0.29) is 0 Å². The smallest absolute Gasteiger partial charge is 0.185 e. The van der Waals surface area contributed by atoms with Gasteiger partial charge in [0.1, 0.15) is 6.54 Å². The Morgan fingerprint density at radius 2 is 1.90 bits per heavy atom. The highest BCUT2D eigenvalue weighted by molar-refractivity contribution is 5.58. The molecule has 2 aromatic heterocycles. The third kappa shape index (κ3) is 1.71. The quantitative estimate of drug-likeness (QED) is 0.526. The van der Waals surface area contributed by atoms with E-state index in [1.54, 1.807) is 4.52 Å². The lowest BCUT2D eigenvalue weighted by Gasteiger charge is -2.05. The van der Waals surface area contributed by atoms with E-state index in [0.29, 0.717) is 6.04 Å². The molecule has 1 saturated heterocycles. The second kappa shape index (κ2) is 3.86. The number of hydrogen-bond acceptors (Lipinski definition) is 3. The first kappa shape index (κ1) is 11.5. The van der Waals surface area contributed by atoms with Gasteiger partial charge in [-0.05, 0) is 6.07 Å². The summed E-state index contributed by atoms with van der Waals surface area (Å²) in [6, 6.07) is 12.7. The van der Waals surface area contributed by atoms with Crippen molar-refractivity contribution in [3.05, 3.63) is 48.2 Å². The van der Waals surface area contributed by atoms with Gasteiger partial charge >= 0.3 is 0 Å². The van der Waals surface area contributed by atoms with Gasteiger partial charge in [-0.2, -0.15) is 9.61 Å². The first-order chi connectivity index (χ1) is 9.65. The maximum absolute atomic E-state index is 4.53. The summed E-state index contributed by atoms with van der Waals surface area (Å²) in [6.07, 6.45) is 1.94. The Bertz CT molecular complexity index is 775. The summed E-state index contributed by atoms with van der Waals surface area (Å²) in [5, 5.41) is 13.1. The molecule has 100 valence electrons. The molecule has 3 aromatic rings. The lowest BCUT2D eigenvalue weighted by molar-refractivity contribution is -0.772. The molecule has 0 amide bonds. The maximum Gasteiger partial charge on any atom is 0.185 e. The molecule has 0 N–H and O–H groups in total. The van der Waals surface area contributed by atoms with Crippen LogP contribution < -0.4 is 0 Å². The van der Waals surface area contributed by atoms with Crippen molar-refractivity contribution >= 4 is 5.65 Å². The van der Waals surface area contributed by atoms with Crippen LogP contribution in [0, 0.1) is 0 Å². The molecule has 4 rings (SSSR count). The fraction of sp³-hybridized carbons (Fsp3) is 0.267. The predicted octanol–water partition coefficient (Wildman–Crippen LogP) is 1.92. The Balaban J connectivity index is 1.80. The molecule has 3 heterocycles. The minimum Gasteiger partial charge on any atom is -0.312 e. The molecule has 1 aliphatic heterocycles. The van der Waals surface area contributed by atoms with Crippen molar-refractivity contribution in [1.29, 1.82) is 0 Å². The van der Waals surface area contributed by atoms with Gasteiger partial charge in [-0.3, -0.25) is 0 Å². The van der Waals surface area contributed by atoms with E-state index in [4.69, 9.17) is 0 Å². The van der Waals surface area contributed by atoms with E-state index < -0.39 is 0 Å². The van der Waals surface area contributed by atoms with Crippen molar-refractivity contribution in [2.75, 3.05) is 20.6 Å². The summed E-state index contributed by atoms with van der Waals surface area (Å²) in [6.45, 7) is 1.16. The highest BCUT2D eigenvalue weighted by atomic mass is 15.5. The third-order valence-corrected chi connectivity index (χ3v) is 4.05. The Morgan fingerprint density at radius 3 is 2.60 bits per heavy atom. The number of benzene rings is 1. The Hall–Kier alpha value is -2.27. The molecule has 1 aliphatic rings. The number of rotatable bonds is 2. The zero-order valence-electron chi connectivity index (χ0n) is 11.6. The normalized spacial score (nSPS) is 20.2. The van der Waals surface area contributed by atoms with E-state index >= 15 is 0 Å². The highest BCUT2D eigenvalue weighted by Crippen LogP contribution is 2.40. The average Bonchev–Trinajstić information content (AvgIpc) is 2.93. The zero-order chi connectivity index (χ0) is 13.7. The molecule has 20 heavy (non-hydrogen) atoms. The molecule has 0 radical (unpaired) electrons. The van der Waals surface area contributed by atoms with E-state index in [2.05, 4.69) is 35.5 Å².